The Kier molecular flexibility index (Phi) is 3.75. The van der Waals surface area contributed by atoms with E-state index >= 15 is 0 Å². The number of para-hydroxylation sites is 1. The van der Waals surface area contributed by atoms with Gasteiger partial charge in [0.2, 0.25) is 0 Å². The van der Waals surface area contributed by atoms with E-state index in [-0.39, 0.29) is 5.78 Å². The van der Waals surface area contributed by atoms with Crippen LogP contribution in [-0.2, 0) is 0 Å². The lowest BCUT2D eigenvalue weighted by Crippen LogP contribution is -2.22. The molecule has 0 aliphatic rings. The van der Waals surface area contributed by atoms with Gasteiger partial charge in [-0.1, -0.05) is 48.5 Å². The van der Waals surface area contributed by atoms with Gasteiger partial charge in [-0.25, -0.2) is 0 Å². The van der Waals surface area contributed by atoms with Crippen LogP contribution in [0.2, 0.25) is 0 Å². The van der Waals surface area contributed by atoms with Crippen LogP contribution in [0.4, 0.5) is 0 Å². The van der Waals surface area contributed by atoms with Crippen molar-refractivity contribution in [3.8, 4) is 5.75 Å². The Morgan fingerprint density at radius 3 is 2.33 bits per heavy atom. The van der Waals surface area contributed by atoms with Gasteiger partial charge in [0.1, 0.15) is 5.75 Å². The van der Waals surface area contributed by atoms with Gasteiger partial charge >= 0.3 is 0 Å². The van der Waals surface area contributed by atoms with E-state index in [1.165, 1.54) is 0 Å². The highest BCUT2D eigenvalue weighted by Gasteiger charge is 2.20. The minimum Gasteiger partial charge on any atom is -0.496 e. The van der Waals surface area contributed by atoms with Gasteiger partial charge in [-0.2, -0.15) is 0 Å². The predicted molar refractivity (Wildman–Crippen MR) is 70.7 cm³/mol. The van der Waals surface area contributed by atoms with E-state index < -0.39 is 6.04 Å². The SMILES string of the molecule is COc1ccccc1C(N)C(=O)c1ccccc1. The molecule has 1 atom stereocenters. The van der Waals surface area contributed by atoms with Gasteiger partial charge in [-0.3, -0.25) is 4.79 Å². The molecule has 0 bridgehead atoms. The molecule has 0 spiro atoms. The molecule has 0 aromatic heterocycles. The third kappa shape index (κ3) is 2.41. The van der Waals surface area contributed by atoms with E-state index in [2.05, 4.69) is 0 Å². The smallest absolute Gasteiger partial charge is 0.184 e. The fraction of sp³-hybridized carbons (Fsp3) is 0.133. The van der Waals surface area contributed by atoms with Crippen LogP contribution in [0.1, 0.15) is 22.0 Å². The molecule has 0 aliphatic carbocycles. The quantitative estimate of drug-likeness (QED) is 0.837. The number of ether oxygens (including phenoxy) is 1. The highest BCUT2D eigenvalue weighted by Crippen LogP contribution is 2.25. The number of hydrogen-bond donors (Lipinski definition) is 1. The summed E-state index contributed by atoms with van der Waals surface area (Å²) in [5.74, 6) is 0.523. The molecule has 0 aliphatic heterocycles. The zero-order valence-electron chi connectivity index (χ0n) is 10.2. The summed E-state index contributed by atoms with van der Waals surface area (Å²) >= 11 is 0. The topological polar surface area (TPSA) is 52.3 Å². The van der Waals surface area contributed by atoms with Crippen molar-refractivity contribution in [1.29, 1.82) is 0 Å². The third-order valence-electron chi connectivity index (χ3n) is 2.81. The van der Waals surface area contributed by atoms with Crippen molar-refractivity contribution in [2.24, 2.45) is 5.73 Å². The molecule has 3 heteroatoms. The summed E-state index contributed by atoms with van der Waals surface area (Å²) in [4.78, 5) is 12.2. The monoisotopic (exact) mass is 241 g/mol. The Hall–Kier alpha value is -2.13. The van der Waals surface area contributed by atoms with E-state index in [4.69, 9.17) is 10.5 Å². The van der Waals surface area contributed by atoms with Crippen molar-refractivity contribution in [2.75, 3.05) is 7.11 Å². The Labute approximate surface area is 106 Å². The van der Waals surface area contributed by atoms with E-state index in [9.17, 15) is 4.79 Å². The average molecular weight is 241 g/mol. The molecule has 2 aromatic rings. The zero-order valence-corrected chi connectivity index (χ0v) is 10.2. The van der Waals surface area contributed by atoms with Crippen LogP contribution in [-0.4, -0.2) is 12.9 Å². The maximum atomic E-state index is 12.2. The Bertz CT molecular complexity index is 537. The second-order valence-corrected chi connectivity index (χ2v) is 3.95. The zero-order chi connectivity index (χ0) is 13.0. The van der Waals surface area contributed by atoms with Crippen molar-refractivity contribution >= 4 is 5.78 Å². The summed E-state index contributed by atoms with van der Waals surface area (Å²) in [7, 11) is 1.57. The first-order chi connectivity index (χ1) is 8.74. The average Bonchev–Trinajstić information content (AvgIpc) is 2.46. The van der Waals surface area contributed by atoms with Gasteiger partial charge in [0.15, 0.2) is 5.78 Å². The molecule has 92 valence electrons. The standard InChI is InChI=1S/C15H15NO2/c1-18-13-10-6-5-9-12(13)14(16)15(17)11-7-3-2-4-8-11/h2-10,14H,16H2,1H3. The molecule has 0 fully saturated rings. The summed E-state index contributed by atoms with van der Waals surface area (Å²) in [6.07, 6.45) is 0. The van der Waals surface area contributed by atoms with Gasteiger partial charge in [0.05, 0.1) is 13.2 Å². The molecule has 0 radical (unpaired) electrons. The van der Waals surface area contributed by atoms with Crippen LogP contribution in [0.25, 0.3) is 0 Å². The van der Waals surface area contributed by atoms with Gasteiger partial charge < -0.3 is 10.5 Å². The summed E-state index contributed by atoms with van der Waals surface area (Å²) in [5, 5.41) is 0. The Balaban J connectivity index is 2.31. The van der Waals surface area contributed by atoms with Crippen LogP contribution >= 0.6 is 0 Å². The molecule has 3 nitrogen and oxygen atoms in total. The minimum atomic E-state index is -0.705. The van der Waals surface area contributed by atoms with Crippen LogP contribution in [0.3, 0.4) is 0 Å². The van der Waals surface area contributed by atoms with E-state index in [1.807, 2.05) is 36.4 Å². The lowest BCUT2D eigenvalue weighted by atomic mass is 9.97. The summed E-state index contributed by atoms with van der Waals surface area (Å²) < 4.78 is 5.22. The largest absolute Gasteiger partial charge is 0.496 e. The van der Waals surface area contributed by atoms with Crippen LogP contribution in [0, 0.1) is 0 Å². The number of carbonyl (C=O) groups excluding carboxylic acids is 1. The Morgan fingerprint density at radius 1 is 1.06 bits per heavy atom. The number of Topliss-reactive ketones (excluding diaryl/α,β-unsaturated/α-hetero) is 1. The fourth-order valence-corrected chi connectivity index (χ4v) is 1.85. The second kappa shape index (κ2) is 5.47. The van der Waals surface area contributed by atoms with Crippen molar-refractivity contribution in [1.82, 2.24) is 0 Å². The van der Waals surface area contributed by atoms with Gasteiger partial charge in [-0.05, 0) is 6.07 Å². The molecule has 0 amide bonds. The maximum absolute atomic E-state index is 12.2. The first-order valence-corrected chi connectivity index (χ1v) is 5.72. The minimum absolute atomic E-state index is 0.111. The Morgan fingerprint density at radius 2 is 1.67 bits per heavy atom. The molecule has 2 aromatic carbocycles. The molecule has 1 unspecified atom stereocenters. The van der Waals surface area contributed by atoms with E-state index in [0.717, 1.165) is 0 Å². The first-order valence-electron chi connectivity index (χ1n) is 5.72. The molecule has 0 saturated heterocycles. The van der Waals surface area contributed by atoms with Crippen molar-refractivity contribution in [3.05, 3.63) is 65.7 Å². The fourth-order valence-electron chi connectivity index (χ4n) is 1.85. The van der Waals surface area contributed by atoms with Crippen molar-refractivity contribution in [3.63, 3.8) is 0 Å². The number of methoxy groups -OCH3 is 1. The highest BCUT2D eigenvalue weighted by atomic mass is 16.5. The number of rotatable bonds is 4. The van der Waals surface area contributed by atoms with Gasteiger partial charge in [0.25, 0.3) is 0 Å². The summed E-state index contributed by atoms with van der Waals surface area (Å²) in [6.45, 7) is 0. The number of carbonyl (C=O) groups is 1. The van der Waals surface area contributed by atoms with Crippen LogP contribution in [0.15, 0.2) is 54.6 Å². The number of ketones is 1. The van der Waals surface area contributed by atoms with Crippen molar-refractivity contribution < 1.29 is 9.53 Å². The summed E-state index contributed by atoms with van der Waals surface area (Å²) in [5.41, 5.74) is 7.33. The number of nitrogens with two attached hydrogens (primary N) is 1. The molecule has 18 heavy (non-hydrogen) atoms. The molecule has 2 rings (SSSR count). The normalized spacial score (nSPS) is 11.9. The molecular formula is C15H15NO2. The molecule has 2 N–H and O–H groups in total. The van der Waals surface area contributed by atoms with Crippen molar-refractivity contribution in [2.45, 2.75) is 6.04 Å². The first kappa shape index (κ1) is 12.3. The van der Waals surface area contributed by atoms with E-state index in [0.29, 0.717) is 16.9 Å². The van der Waals surface area contributed by atoms with Gasteiger partial charge in [0, 0.05) is 11.1 Å². The van der Waals surface area contributed by atoms with Crippen LogP contribution in [0.5, 0.6) is 5.75 Å². The lowest BCUT2D eigenvalue weighted by Gasteiger charge is -2.14. The van der Waals surface area contributed by atoms with Gasteiger partial charge in [-0.15, -0.1) is 0 Å². The molecular weight excluding hydrogens is 226 g/mol. The maximum Gasteiger partial charge on any atom is 0.184 e. The predicted octanol–water partition coefficient (Wildman–Crippen LogP) is 2.58. The summed E-state index contributed by atoms with van der Waals surface area (Å²) in [6, 6.07) is 15.6. The van der Waals surface area contributed by atoms with E-state index in [1.54, 1.807) is 25.3 Å². The number of benzene rings is 2. The third-order valence-corrected chi connectivity index (χ3v) is 2.81. The molecule has 0 heterocycles. The second-order valence-electron chi connectivity index (χ2n) is 3.95. The lowest BCUT2D eigenvalue weighted by molar-refractivity contribution is 0.0960. The highest BCUT2D eigenvalue weighted by molar-refractivity contribution is 6.00. The molecule has 0 saturated carbocycles. The van der Waals surface area contributed by atoms with Crippen LogP contribution < -0.4 is 10.5 Å². The number of hydrogen-bond acceptors (Lipinski definition) is 3.